The molecule has 2 rings (SSSR count). The van der Waals surface area contributed by atoms with Crippen molar-refractivity contribution in [3.8, 4) is 0 Å². The Kier molecular flexibility index (Phi) is 4.37. The van der Waals surface area contributed by atoms with E-state index in [1.807, 2.05) is 0 Å². The van der Waals surface area contributed by atoms with Crippen LogP contribution in [0.2, 0.25) is 0 Å². The van der Waals surface area contributed by atoms with Gasteiger partial charge in [0, 0.05) is 5.56 Å². The van der Waals surface area contributed by atoms with E-state index in [1.165, 1.54) is 36.6 Å². The molecular weight excluding hydrogens is 293 g/mol. The monoisotopic (exact) mass is 307 g/mol. The van der Waals surface area contributed by atoms with Crippen molar-refractivity contribution < 1.29 is 18.7 Å². The molecule has 1 aromatic carbocycles. The maximum absolute atomic E-state index is 13.5. The van der Waals surface area contributed by atoms with Crippen LogP contribution in [-0.4, -0.2) is 19.0 Å². The molecule has 0 saturated heterocycles. The number of rotatable bonds is 3. The number of amides is 1. The number of carbonyl (C=O) groups is 2. The molecule has 0 aliphatic rings. The molecule has 1 N–H and O–H groups in total. The first-order chi connectivity index (χ1) is 9.93. The van der Waals surface area contributed by atoms with Gasteiger partial charge in [0.1, 0.15) is 10.7 Å². The van der Waals surface area contributed by atoms with Gasteiger partial charge < -0.3 is 10.1 Å². The number of ether oxygens (including phenoxy) is 1. The van der Waals surface area contributed by atoms with Crippen LogP contribution < -0.4 is 5.32 Å². The third-order valence-corrected chi connectivity index (χ3v) is 4.10. The highest BCUT2D eigenvalue weighted by Crippen LogP contribution is 2.28. The molecule has 0 radical (unpaired) electrons. The average molecular weight is 307 g/mol. The first-order valence-corrected chi connectivity index (χ1v) is 7.06. The number of hydrogen-bond acceptors (Lipinski definition) is 4. The highest BCUT2D eigenvalue weighted by atomic mass is 32.1. The summed E-state index contributed by atoms with van der Waals surface area (Å²) in [6.07, 6.45) is 0. The Labute approximate surface area is 125 Å². The van der Waals surface area contributed by atoms with Crippen molar-refractivity contribution in [2.24, 2.45) is 0 Å². The van der Waals surface area contributed by atoms with Crippen LogP contribution in [0.25, 0.3) is 0 Å². The van der Waals surface area contributed by atoms with Crippen LogP contribution in [0.5, 0.6) is 0 Å². The number of methoxy groups -OCH3 is 1. The largest absolute Gasteiger partial charge is 0.465 e. The molecule has 0 aliphatic heterocycles. The summed E-state index contributed by atoms with van der Waals surface area (Å²) in [5.74, 6) is -1.43. The molecule has 0 atom stereocenters. The van der Waals surface area contributed by atoms with Crippen LogP contribution in [0.3, 0.4) is 0 Å². The van der Waals surface area contributed by atoms with Gasteiger partial charge in [-0.3, -0.25) is 4.79 Å². The van der Waals surface area contributed by atoms with E-state index in [0.717, 1.165) is 5.56 Å². The molecule has 0 unspecified atom stereocenters. The van der Waals surface area contributed by atoms with E-state index in [0.29, 0.717) is 16.1 Å². The van der Waals surface area contributed by atoms with Crippen LogP contribution in [0.1, 0.15) is 31.2 Å². The summed E-state index contributed by atoms with van der Waals surface area (Å²) in [5, 5.41) is 4.39. The second kappa shape index (κ2) is 6.05. The summed E-state index contributed by atoms with van der Waals surface area (Å²) >= 11 is 1.19. The van der Waals surface area contributed by atoms with Crippen LogP contribution in [0.4, 0.5) is 10.1 Å². The lowest BCUT2D eigenvalue weighted by Crippen LogP contribution is -2.15. The minimum absolute atomic E-state index is 0.194. The molecule has 2 aromatic rings. The van der Waals surface area contributed by atoms with Crippen molar-refractivity contribution in [3.63, 3.8) is 0 Å². The van der Waals surface area contributed by atoms with Crippen molar-refractivity contribution in [3.05, 3.63) is 51.0 Å². The standard InChI is InChI=1S/C15H14FNO3S/c1-8-4-5-10(6-11(8)16)14(18)17-12-9(2)7-21-13(12)15(19)20-3/h4-7H,1-3H3,(H,17,18). The lowest BCUT2D eigenvalue weighted by atomic mass is 10.1. The van der Waals surface area contributed by atoms with E-state index < -0.39 is 17.7 Å². The van der Waals surface area contributed by atoms with Crippen molar-refractivity contribution in [1.29, 1.82) is 0 Å². The van der Waals surface area contributed by atoms with Gasteiger partial charge in [-0.25, -0.2) is 9.18 Å². The van der Waals surface area contributed by atoms with Gasteiger partial charge in [-0.05, 0) is 42.5 Å². The van der Waals surface area contributed by atoms with Gasteiger partial charge in [-0.15, -0.1) is 11.3 Å². The number of benzene rings is 1. The zero-order chi connectivity index (χ0) is 15.6. The third-order valence-electron chi connectivity index (χ3n) is 3.02. The average Bonchev–Trinajstić information content (AvgIpc) is 2.82. The van der Waals surface area contributed by atoms with Crippen LogP contribution >= 0.6 is 11.3 Å². The van der Waals surface area contributed by atoms with E-state index in [9.17, 15) is 14.0 Å². The summed E-state index contributed by atoms with van der Waals surface area (Å²) in [6.45, 7) is 3.39. The minimum atomic E-state index is -0.515. The maximum Gasteiger partial charge on any atom is 0.350 e. The first kappa shape index (κ1) is 15.2. The number of thiophene rings is 1. The number of aryl methyl sites for hydroxylation is 2. The van der Waals surface area contributed by atoms with E-state index in [1.54, 1.807) is 19.2 Å². The van der Waals surface area contributed by atoms with Gasteiger partial charge >= 0.3 is 5.97 Å². The molecule has 6 heteroatoms. The molecule has 0 aliphatic carbocycles. The normalized spacial score (nSPS) is 10.3. The van der Waals surface area contributed by atoms with Crippen LogP contribution in [0.15, 0.2) is 23.6 Å². The summed E-state index contributed by atoms with van der Waals surface area (Å²) < 4.78 is 18.2. The van der Waals surface area contributed by atoms with Gasteiger partial charge in [0.2, 0.25) is 0 Å². The SMILES string of the molecule is COC(=O)c1scc(C)c1NC(=O)c1ccc(C)c(F)c1. The second-order valence-electron chi connectivity index (χ2n) is 4.53. The number of hydrogen-bond donors (Lipinski definition) is 1. The maximum atomic E-state index is 13.5. The topological polar surface area (TPSA) is 55.4 Å². The van der Waals surface area contributed by atoms with Crippen molar-refractivity contribution in [2.75, 3.05) is 12.4 Å². The van der Waals surface area contributed by atoms with Crippen LogP contribution in [-0.2, 0) is 4.74 Å². The number of anilines is 1. The summed E-state index contributed by atoms with van der Waals surface area (Å²) in [5.41, 5.74) is 1.81. The van der Waals surface area contributed by atoms with Crippen LogP contribution in [0, 0.1) is 19.7 Å². The van der Waals surface area contributed by atoms with Crippen molar-refractivity contribution >= 4 is 28.9 Å². The molecule has 0 bridgehead atoms. The predicted molar refractivity (Wildman–Crippen MR) is 79.5 cm³/mol. The molecule has 4 nitrogen and oxygen atoms in total. The van der Waals surface area contributed by atoms with Gasteiger partial charge in [0.15, 0.2) is 0 Å². The quantitative estimate of drug-likeness (QED) is 0.882. The summed E-state index contributed by atoms with van der Waals surface area (Å²) in [6, 6.07) is 4.24. The van der Waals surface area contributed by atoms with Gasteiger partial charge in [-0.2, -0.15) is 0 Å². The summed E-state index contributed by atoms with van der Waals surface area (Å²) in [4.78, 5) is 24.1. The second-order valence-corrected chi connectivity index (χ2v) is 5.41. The molecule has 1 aromatic heterocycles. The zero-order valence-electron chi connectivity index (χ0n) is 11.8. The Hall–Kier alpha value is -2.21. The minimum Gasteiger partial charge on any atom is -0.465 e. The van der Waals surface area contributed by atoms with Gasteiger partial charge in [0.25, 0.3) is 5.91 Å². The Morgan fingerprint density at radius 3 is 2.57 bits per heavy atom. The zero-order valence-corrected chi connectivity index (χ0v) is 12.6. The fourth-order valence-corrected chi connectivity index (χ4v) is 2.68. The highest BCUT2D eigenvalue weighted by Gasteiger charge is 2.19. The fourth-order valence-electron chi connectivity index (χ4n) is 1.76. The number of nitrogens with one attached hydrogen (secondary N) is 1. The first-order valence-electron chi connectivity index (χ1n) is 6.18. The lowest BCUT2D eigenvalue weighted by Gasteiger charge is -2.08. The molecule has 0 fully saturated rings. The van der Waals surface area contributed by atoms with Crippen molar-refractivity contribution in [1.82, 2.24) is 0 Å². The molecule has 1 amide bonds. The van der Waals surface area contributed by atoms with Crippen molar-refractivity contribution in [2.45, 2.75) is 13.8 Å². The number of esters is 1. The van der Waals surface area contributed by atoms with E-state index in [4.69, 9.17) is 0 Å². The highest BCUT2D eigenvalue weighted by molar-refractivity contribution is 7.12. The Balaban J connectivity index is 2.29. The van der Waals surface area contributed by atoms with E-state index >= 15 is 0 Å². The Bertz CT molecular complexity index is 709. The van der Waals surface area contributed by atoms with E-state index in [-0.39, 0.29) is 5.56 Å². The molecular formula is C15H14FNO3S. The van der Waals surface area contributed by atoms with Gasteiger partial charge in [0.05, 0.1) is 12.8 Å². The smallest absolute Gasteiger partial charge is 0.350 e. The fraction of sp³-hybridized carbons (Fsp3) is 0.200. The molecule has 0 spiro atoms. The number of carbonyl (C=O) groups excluding carboxylic acids is 2. The Morgan fingerprint density at radius 2 is 1.95 bits per heavy atom. The lowest BCUT2D eigenvalue weighted by molar-refractivity contribution is 0.0607. The molecule has 21 heavy (non-hydrogen) atoms. The molecule has 0 saturated carbocycles. The number of halogens is 1. The summed E-state index contributed by atoms with van der Waals surface area (Å²) in [7, 11) is 1.28. The third kappa shape index (κ3) is 3.11. The van der Waals surface area contributed by atoms with E-state index in [2.05, 4.69) is 10.1 Å². The molecule has 110 valence electrons. The predicted octanol–water partition coefficient (Wildman–Crippen LogP) is 3.54. The Morgan fingerprint density at radius 1 is 1.24 bits per heavy atom. The molecule has 1 heterocycles. The van der Waals surface area contributed by atoms with Gasteiger partial charge in [-0.1, -0.05) is 6.07 Å².